The first-order valence-electron chi connectivity index (χ1n) is 6.43. The molecule has 2 heterocycles. The van der Waals surface area contributed by atoms with Gasteiger partial charge in [0.1, 0.15) is 5.78 Å². The lowest BCUT2D eigenvalue weighted by molar-refractivity contribution is -0.124. The Balaban J connectivity index is 1.82. The minimum Gasteiger partial charge on any atom is -0.299 e. The van der Waals surface area contributed by atoms with E-state index in [4.69, 9.17) is 0 Å². The van der Waals surface area contributed by atoms with Gasteiger partial charge in [-0.3, -0.25) is 14.7 Å². The Labute approximate surface area is 103 Å². The smallest absolute Gasteiger partial charge is 0.135 e. The molecular formula is C14H20N2O. The molecule has 92 valence electrons. The third kappa shape index (κ3) is 3.37. The van der Waals surface area contributed by atoms with Crippen LogP contribution in [0.5, 0.6) is 0 Å². The number of rotatable bonds is 4. The summed E-state index contributed by atoms with van der Waals surface area (Å²) in [5.74, 6) is 0.752. The molecule has 3 heteroatoms. The zero-order valence-corrected chi connectivity index (χ0v) is 10.4. The number of piperidine rings is 1. The quantitative estimate of drug-likeness (QED) is 0.798. The summed E-state index contributed by atoms with van der Waals surface area (Å²) in [4.78, 5) is 18.1. The van der Waals surface area contributed by atoms with Crippen LogP contribution < -0.4 is 0 Å². The number of hydrogen-bond donors (Lipinski definition) is 0. The van der Waals surface area contributed by atoms with Gasteiger partial charge in [0.15, 0.2) is 0 Å². The van der Waals surface area contributed by atoms with Crippen molar-refractivity contribution in [3.05, 3.63) is 30.1 Å². The summed E-state index contributed by atoms with van der Waals surface area (Å²) in [6.07, 6.45) is 6.41. The predicted octanol–water partition coefficient (Wildman–Crippen LogP) is 2.27. The van der Waals surface area contributed by atoms with E-state index in [0.29, 0.717) is 18.1 Å². The molecule has 1 aromatic rings. The fourth-order valence-electron chi connectivity index (χ4n) is 2.45. The predicted molar refractivity (Wildman–Crippen MR) is 67.5 cm³/mol. The average molecular weight is 232 g/mol. The van der Waals surface area contributed by atoms with E-state index in [1.807, 2.05) is 19.3 Å². The number of likely N-dealkylation sites (tertiary alicyclic amines) is 1. The lowest BCUT2D eigenvalue weighted by Crippen LogP contribution is -2.35. The van der Waals surface area contributed by atoms with Crippen LogP contribution in [0.25, 0.3) is 0 Å². The normalized spacial score (nSPS) is 18.2. The number of carbonyl (C=O) groups excluding carboxylic acids is 1. The molecule has 1 aromatic heterocycles. The molecule has 1 fully saturated rings. The van der Waals surface area contributed by atoms with Crippen molar-refractivity contribution in [1.82, 2.24) is 9.88 Å². The van der Waals surface area contributed by atoms with Crippen molar-refractivity contribution in [3.8, 4) is 0 Å². The molecule has 2 rings (SSSR count). The molecule has 1 saturated heterocycles. The van der Waals surface area contributed by atoms with Gasteiger partial charge in [-0.05, 0) is 43.6 Å². The maximum Gasteiger partial charge on any atom is 0.135 e. The summed E-state index contributed by atoms with van der Waals surface area (Å²) >= 11 is 0. The van der Waals surface area contributed by atoms with Crippen LogP contribution in [-0.2, 0) is 11.3 Å². The lowest BCUT2D eigenvalue weighted by atomic mass is 9.91. The van der Waals surface area contributed by atoms with E-state index < -0.39 is 0 Å². The van der Waals surface area contributed by atoms with Gasteiger partial charge < -0.3 is 0 Å². The molecule has 0 bridgehead atoms. The summed E-state index contributed by atoms with van der Waals surface area (Å²) in [5, 5.41) is 0. The van der Waals surface area contributed by atoms with Crippen LogP contribution in [-0.4, -0.2) is 28.8 Å². The summed E-state index contributed by atoms with van der Waals surface area (Å²) < 4.78 is 0. The van der Waals surface area contributed by atoms with Crippen molar-refractivity contribution in [3.63, 3.8) is 0 Å². The third-order valence-electron chi connectivity index (χ3n) is 3.55. The van der Waals surface area contributed by atoms with E-state index in [2.05, 4.69) is 22.0 Å². The monoisotopic (exact) mass is 232 g/mol. The molecule has 0 radical (unpaired) electrons. The van der Waals surface area contributed by atoms with E-state index in [9.17, 15) is 4.79 Å². The van der Waals surface area contributed by atoms with Crippen molar-refractivity contribution in [2.45, 2.75) is 32.7 Å². The van der Waals surface area contributed by atoms with Gasteiger partial charge in [0.25, 0.3) is 0 Å². The van der Waals surface area contributed by atoms with Gasteiger partial charge in [-0.25, -0.2) is 0 Å². The summed E-state index contributed by atoms with van der Waals surface area (Å²) in [7, 11) is 0. The molecule has 0 N–H and O–H groups in total. The molecule has 0 amide bonds. The Bertz CT molecular complexity index is 356. The van der Waals surface area contributed by atoms with Crippen LogP contribution in [0.4, 0.5) is 0 Å². The molecule has 0 atom stereocenters. The van der Waals surface area contributed by atoms with Crippen LogP contribution in [0.3, 0.4) is 0 Å². The topological polar surface area (TPSA) is 33.2 Å². The molecule has 0 spiro atoms. The Kier molecular flexibility index (Phi) is 4.26. The number of Topliss-reactive ketones (excluding diaryl/α,β-unsaturated/α-hetero) is 1. The SMILES string of the molecule is CCC(=O)C1CCN(Cc2ccncc2)CC1. The molecule has 3 nitrogen and oxygen atoms in total. The van der Waals surface area contributed by atoms with Gasteiger partial charge in [0.05, 0.1) is 0 Å². The van der Waals surface area contributed by atoms with Crippen LogP contribution in [0.15, 0.2) is 24.5 Å². The van der Waals surface area contributed by atoms with E-state index in [1.54, 1.807) is 0 Å². The second-order valence-electron chi connectivity index (χ2n) is 4.73. The number of aromatic nitrogens is 1. The van der Waals surface area contributed by atoms with Gasteiger partial charge in [-0.15, -0.1) is 0 Å². The summed E-state index contributed by atoms with van der Waals surface area (Å²) in [6.45, 7) is 5.03. The summed E-state index contributed by atoms with van der Waals surface area (Å²) in [5.41, 5.74) is 1.31. The number of ketones is 1. The fraction of sp³-hybridized carbons (Fsp3) is 0.571. The largest absolute Gasteiger partial charge is 0.299 e. The first-order valence-corrected chi connectivity index (χ1v) is 6.43. The first kappa shape index (κ1) is 12.2. The minimum absolute atomic E-state index is 0.314. The zero-order valence-electron chi connectivity index (χ0n) is 10.4. The highest BCUT2D eigenvalue weighted by molar-refractivity contribution is 5.80. The zero-order chi connectivity index (χ0) is 12.1. The van der Waals surface area contributed by atoms with Crippen LogP contribution in [0.2, 0.25) is 0 Å². The van der Waals surface area contributed by atoms with Crippen LogP contribution in [0, 0.1) is 5.92 Å². The van der Waals surface area contributed by atoms with Gasteiger partial charge >= 0.3 is 0 Å². The van der Waals surface area contributed by atoms with Gasteiger partial charge in [-0.2, -0.15) is 0 Å². The third-order valence-corrected chi connectivity index (χ3v) is 3.55. The van der Waals surface area contributed by atoms with Crippen molar-refractivity contribution >= 4 is 5.78 Å². The average Bonchev–Trinajstić information content (AvgIpc) is 2.40. The lowest BCUT2D eigenvalue weighted by Gasteiger charge is -2.31. The molecule has 0 unspecified atom stereocenters. The van der Waals surface area contributed by atoms with E-state index in [0.717, 1.165) is 32.5 Å². The van der Waals surface area contributed by atoms with Crippen molar-refractivity contribution < 1.29 is 4.79 Å². The second kappa shape index (κ2) is 5.92. The number of nitrogens with zero attached hydrogens (tertiary/aromatic N) is 2. The van der Waals surface area contributed by atoms with E-state index in [1.165, 1.54) is 5.56 Å². The highest BCUT2D eigenvalue weighted by atomic mass is 16.1. The first-order chi connectivity index (χ1) is 8.29. The highest BCUT2D eigenvalue weighted by Gasteiger charge is 2.23. The molecule has 1 aliphatic rings. The molecule has 1 aliphatic heterocycles. The molecule has 17 heavy (non-hydrogen) atoms. The second-order valence-corrected chi connectivity index (χ2v) is 4.73. The maximum atomic E-state index is 11.6. The molecule has 0 saturated carbocycles. The van der Waals surface area contributed by atoms with Crippen molar-refractivity contribution in [2.24, 2.45) is 5.92 Å². The Morgan fingerprint density at radius 3 is 2.59 bits per heavy atom. The van der Waals surface area contributed by atoms with Crippen LogP contribution >= 0.6 is 0 Å². The standard InChI is InChI=1S/C14H20N2O/c1-2-14(17)13-5-9-16(10-6-13)11-12-3-7-15-8-4-12/h3-4,7-8,13H,2,5-6,9-11H2,1H3. The highest BCUT2D eigenvalue weighted by Crippen LogP contribution is 2.20. The van der Waals surface area contributed by atoms with Gasteiger partial charge in [0.2, 0.25) is 0 Å². The number of carbonyl (C=O) groups is 1. The Morgan fingerprint density at radius 1 is 1.35 bits per heavy atom. The minimum atomic E-state index is 0.314. The Hall–Kier alpha value is -1.22. The van der Waals surface area contributed by atoms with E-state index in [-0.39, 0.29) is 0 Å². The summed E-state index contributed by atoms with van der Waals surface area (Å²) in [6, 6.07) is 4.12. The molecule has 0 aliphatic carbocycles. The fourth-order valence-corrected chi connectivity index (χ4v) is 2.45. The van der Waals surface area contributed by atoms with Gasteiger partial charge in [0, 0.05) is 31.3 Å². The van der Waals surface area contributed by atoms with Crippen molar-refractivity contribution in [2.75, 3.05) is 13.1 Å². The van der Waals surface area contributed by atoms with Crippen LogP contribution in [0.1, 0.15) is 31.7 Å². The van der Waals surface area contributed by atoms with Gasteiger partial charge in [-0.1, -0.05) is 6.92 Å². The molecular weight excluding hydrogens is 212 g/mol. The Morgan fingerprint density at radius 2 is 2.00 bits per heavy atom. The number of pyridine rings is 1. The number of hydrogen-bond acceptors (Lipinski definition) is 3. The van der Waals surface area contributed by atoms with E-state index >= 15 is 0 Å². The van der Waals surface area contributed by atoms with Crippen molar-refractivity contribution in [1.29, 1.82) is 0 Å². The maximum absolute atomic E-state index is 11.6. The molecule has 0 aromatic carbocycles.